The zero-order valence-electron chi connectivity index (χ0n) is 6.55. The molecule has 0 amide bonds. The molecule has 10 heavy (non-hydrogen) atoms. The van der Waals surface area contributed by atoms with Crippen LogP contribution >= 0.6 is 0 Å². The number of piperidine rings is 1. The Bertz CT molecular complexity index is 95.6. The molecule has 60 valence electrons. The van der Waals surface area contributed by atoms with Crippen LogP contribution in [0.3, 0.4) is 0 Å². The third-order valence-corrected chi connectivity index (χ3v) is 1.91. The largest absolute Gasteiger partial charge is 0.362 e. The molecule has 0 aromatic heterocycles. The highest BCUT2D eigenvalue weighted by atomic mass is 16.5. The number of hydrogen-bond donors (Lipinski definition) is 1. The molecule has 1 fully saturated rings. The molecule has 2 N–H and O–H groups in total. The van der Waals surface area contributed by atoms with Crippen molar-refractivity contribution in [1.82, 2.24) is 4.90 Å². The van der Waals surface area contributed by atoms with Crippen molar-refractivity contribution < 1.29 is 4.74 Å². The van der Waals surface area contributed by atoms with E-state index in [9.17, 15) is 0 Å². The predicted octanol–water partition coefficient (Wildman–Crippen LogP) is 0.0134. The summed E-state index contributed by atoms with van der Waals surface area (Å²) in [5, 5.41) is 0. The minimum atomic E-state index is 0.360. The summed E-state index contributed by atoms with van der Waals surface area (Å²) >= 11 is 0. The maximum Gasteiger partial charge on any atom is 0.0944 e. The Hall–Kier alpha value is -0.120. The van der Waals surface area contributed by atoms with Gasteiger partial charge in [-0.05, 0) is 26.4 Å². The van der Waals surface area contributed by atoms with E-state index in [0.717, 1.165) is 6.54 Å². The van der Waals surface area contributed by atoms with Crippen LogP contribution in [0.2, 0.25) is 0 Å². The number of nitrogens with zero attached hydrogens (tertiary/aromatic N) is 1. The fourth-order valence-electron chi connectivity index (χ4n) is 1.39. The normalized spacial score (nSPS) is 28.8. The van der Waals surface area contributed by atoms with E-state index >= 15 is 0 Å². The fraction of sp³-hybridized carbons (Fsp3) is 1.00. The summed E-state index contributed by atoms with van der Waals surface area (Å²) in [5.41, 5.74) is 5.26. The second-order valence-electron chi connectivity index (χ2n) is 2.86. The van der Waals surface area contributed by atoms with E-state index in [1.807, 2.05) is 0 Å². The summed E-state index contributed by atoms with van der Waals surface area (Å²) in [4.78, 5) is 2.28. The van der Waals surface area contributed by atoms with Gasteiger partial charge in [-0.15, -0.1) is 0 Å². The van der Waals surface area contributed by atoms with Crippen LogP contribution in [-0.2, 0) is 4.74 Å². The van der Waals surface area contributed by atoms with E-state index in [4.69, 9.17) is 10.5 Å². The second-order valence-corrected chi connectivity index (χ2v) is 2.86. The van der Waals surface area contributed by atoms with Gasteiger partial charge in [0.05, 0.1) is 12.8 Å². The zero-order chi connectivity index (χ0) is 7.40. The minimum Gasteiger partial charge on any atom is -0.362 e. The smallest absolute Gasteiger partial charge is 0.0944 e. The van der Waals surface area contributed by atoms with Gasteiger partial charge in [0.1, 0.15) is 0 Å². The van der Waals surface area contributed by atoms with Crippen molar-refractivity contribution in [3.63, 3.8) is 0 Å². The topological polar surface area (TPSA) is 38.5 Å². The van der Waals surface area contributed by atoms with Gasteiger partial charge >= 0.3 is 0 Å². The first-order valence-corrected chi connectivity index (χ1v) is 3.83. The van der Waals surface area contributed by atoms with E-state index in [0.29, 0.717) is 12.8 Å². The number of nitrogens with two attached hydrogens (primary N) is 1. The number of hydrogen-bond acceptors (Lipinski definition) is 3. The molecule has 3 heteroatoms. The lowest BCUT2D eigenvalue weighted by molar-refractivity contribution is 0.00981. The molecule has 0 saturated carbocycles. The summed E-state index contributed by atoms with van der Waals surface area (Å²) in [5.74, 6) is 0. The SMILES string of the molecule is CN1CCCC(OCN)C1. The Balaban J connectivity index is 2.18. The van der Waals surface area contributed by atoms with Crippen LogP contribution in [0.25, 0.3) is 0 Å². The van der Waals surface area contributed by atoms with Crippen LogP contribution < -0.4 is 5.73 Å². The summed E-state index contributed by atoms with van der Waals surface area (Å²) < 4.78 is 5.29. The molecule has 0 aromatic rings. The average Bonchev–Trinajstić information content (AvgIpc) is 1.88. The number of likely N-dealkylation sites (tertiary alicyclic amines) is 1. The minimum absolute atomic E-state index is 0.360. The van der Waals surface area contributed by atoms with Crippen molar-refractivity contribution in [2.45, 2.75) is 18.9 Å². The lowest BCUT2D eigenvalue weighted by Gasteiger charge is -2.28. The van der Waals surface area contributed by atoms with Crippen molar-refractivity contribution in [2.24, 2.45) is 5.73 Å². The molecule has 0 bridgehead atoms. The molecular formula is C7H16N2O. The van der Waals surface area contributed by atoms with Crippen molar-refractivity contribution in [2.75, 3.05) is 26.9 Å². The highest BCUT2D eigenvalue weighted by Crippen LogP contribution is 2.10. The Morgan fingerprint density at radius 3 is 3.10 bits per heavy atom. The summed E-state index contributed by atoms with van der Waals surface area (Å²) in [6.45, 7) is 2.60. The maximum atomic E-state index is 5.29. The quantitative estimate of drug-likeness (QED) is 0.555. The van der Waals surface area contributed by atoms with Gasteiger partial charge in [0.15, 0.2) is 0 Å². The molecule has 0 aromatic carbocycles. The Morgan fingerprint density at radius 1 is 1.70 bits per heavy atom. The first-order valence-electron chi connectivity index (χ1n) is 3.83. The molecule has 0 radical (unpaired) electrons. The van der Waals surface area contributed by atoms with Crippen LogP contribution in [0.1, 0.15) is 12.8 Å². The van der Waals surface area contributed by atoms with Gasteiger partial charge in [0.2, 0.25) is 0 Å². The molecule has 1 unspecified atom stereocenters. The monoisotopic (exact) mass is 144 g/mol. The Morgan fingerprint density at radius 2 is 2.50 bits per heavy atom. The second kappa shape index (κ2) is 3.91. The van der Waals surface area contributed by atoms with Crippen molar-refractivity contribution >= 4 is 0 Å². The van der Waals surface area contributed by atoms with Crippen molar-refractivity contribution in [3.05, 3.63) is 0 Å². The lowest BCUT2D eigenvalue weighted by atomic mass is 10.1. The third-order valence-electron chi connectivity index (χ3n) is 1.91. The summed E-state index contributed by atoms with van der Waals surface area (Å²) in [6.07, 6.45) is 2.78. The van der Waals surface area contributed by atoms with E-state index in [1.54, 1.807) is 0 Å². The molecule has 1 aliphatic heterocycles. The zero-order valence-corrected chi connectivity index (χ0v) is 6.55. The predicted molar refractivity (Wildman–Crippen MR) is 40.7 cm³/mol. The lowest BCUT2D eigenvalue weighted by Crippen LogP contribution is -2.37. The Kier molecular flexibility index (Phi) is 3.12. The number of likely N-dealkylation sites (N-methyl/N-ethyl adjacent to an activating group) is 1. The van der Waals surface area contributed by atoms with Crippen molar-refractivity contribution in [1.29, 1.82) is 0 Å². The molecule has 3 nitrogen and oxygen atoms in total. The van der Waals surface area contributed by atoms with Crippen LogP contribution in [0, 0.1) is 0 Å². The van der Waals surface area contributed by atoms with Crippen LogP contribution in [-0.4, -0.2) is 37.9 Å². The number of ether oxygens (including phenoxy) is 1. The molecule has 1 rings (SSSR count). The van der Waals surface area contributed by atoms with Gasteiger partial charge in [-0.2, -0.15) is 0 Å². The summed E-state index contributed by atoms with van der Waals surface area (Å²) in [6, 6.07) is 0. The van der Waals surface area contributed by atoms with Gasteiger partial charge in [-0.1, -0.05) is 0 Å². The van der Waals surface area contributed by atoms with E-state index in [2.05, 4.69) is 11.9 Å². The molecular weight excluding hydrogens is 128 g/mol. The molecule has 1 saturated heterocycles. The maximum absolute atomic E-state index is 5.29. The van der Waals surface area contributed by atoms with Crippen LogP contribution in [0.5, 0.6) is 0 Å². The van der Waals surface area contributed by atoms with Gasteiger partial charge in [0, 0.05) is 6.54 Å². The van der Waals surface area contributed by atoms with E-state index in [1.165, 1.54) is 19.4 Å². The first-order chi connectivity index (χ1) is 4.83. The van der Waals surface area contributed by atoms with Crippen LogP contribution in [0.4, 0.5) is 0 Å². The molecule has 0 spiro atoms. The highest BCUT2D eigenvalue weighted by molar-refractivity contribution is 4.69. The molecule has 1 heterocycles. The van der Waals surface area contributed by atoms with E-state index < -0.39 is 0 Å². The average molecular weight is 144 g/mol. The summed E-state index contributed by atoms with van der Waals surface area (Å²) in [7, 11) is 2.12. The highest BCUT2D eigenvalue weighted by Gasteiger charge is 2.16. The number of rotatable bonds is 2. The van der Waals surface area contributed by atoms with Gasteiger partial charge in [0.25, 0.3) is 0 Å². The first kappa shape index (κ1) is 7.98. The molecule has 0 aliphatic carbocycles. The Labute approximate surface area is 62.1 Å². The van der Waals surface area contributed by atoms with Gasteiger partial charge in [-0.3, -0.25) is 0 Å². The third kappa shape index (κ3) is 2.25. The standard InChI is InChI=1S/C7H16N2O/c1-9-4-2-3-7(5-9)10-6-8/h7H,2-6,8H2,1H3. The van der Waals surface area contributed by atoms with Crippen LogP contribution in [0.15, 0.2) is 0 Å². The van der Waals surface area contributed by atoms with E-state index in [-0.39, 0.29) is 0 Å². The van der Waals surface area contributed by atoms with Crippen molar-refractivity contribution in [3.8, 4) is 0 Å². The van der Waals surface area contributed by atoms with Gasteiger partial charge < -0.3 is 15.4 Å². The molecule has 1 atom stereocenters. The van der Waals surface area contributed by atoms with Gasteiger partial charge in [-0.25, -0.2) is 0 Å². The fourth-order valence-corrected chi connectivity index (χ4v) is 1.39. The molecule has 1 aliphatic rings.